The van der Waals surface area contributed by atoms with Crippen molar-refractivity contribution in [1.29, 1.82) is 0 Å². The predicted octanol–water partition coefficient (Wildman–Crippen LogP) is 3.22. The molecule has 0 fully saturated rings. The van der Waals surface area contributed by atoms with Gasteiger partial charge in [-0.1, -0.05) is 6.07 Å². The number of ether oxygens (including phenoxy) is 2. The molecule has 2 N–H and O–H groups in total. The first-order chi connectivity index (χ1) is 10.0. The maximum Gasteiger partial charge on any atom is 0.159 e. The van der Waals surface area contributed by atoms with E-state index in [9.17, 15) is 8.78 Å². The number of nitrogens with two attached hydrogens (primary N) is 1. The summed E-state index contributed by atoms with van der Waals surface area (Å²) in [7, 11) is 3.11. The topological polar surface area (TPSA) is 44.5 Å². The van der Waals surface area contributed by atoms with Crippen LogP contribution in [0.2, 0.25) is 0 Å². The van der Waals surface area contributed by atoms with Crippen LogP contribution in [0.5, 0.6) is 11.5 Å². The van der Waals surface area contributed by atoms with Crippen molar-refractivity contribution in [3.05, 3.63) is 59.2 Å². The molecule has 21 heavy (non-hydrogen) atoms. The number of rotatable bonds is 5. The fourth-order valence-electron chi connectivity index (χ4n) is 2.16. The molecule has 0 aliphatic carbocycles. The third-order valence-corrected chi connectivity index (χ3v) is 3.28. The summed E-state index contributed by atoms with van der Waals surface area (Å²) in [6.45, 7) is 0. The normalized spacial score (nSPS) is 12.0. The zero-order chi connectivity index (χ0) is 15.4. The molecule has 1 unspecified atom stereocenters. The van der Waals surface area contributed by atoms with Gasteiger partial charge in [0, 0.05) is 11.6 Å². The van der Waals surface area contributed by atoms with Crippen LogP contribution in [-0.2, 0) is 6.42 Å². The van der Waals surface area contributed by atoms with Crippen LogP contribution in [0.1, 0.15) is 17.2 Å². The average molecular weight is 293 g/mol. The van der Waals surface area contributed by atoms with Crippen molar-refractivity contribution in [1.82, 2.24) is 0 Å². The number of methoxy groups -OCH3 is 2. The van der Waals surface area contributed by atoms with Gasteiger partial charge >= 0.3 is 0 Å². The monoisotopic (exact) mass is 293 g/mol. The van der Waals surface area contributed by atoms with Crippen LogP contribution in [0.4, 0.5) is 8.78 Å². The van der Waals surface area contributed by atoms with E-state index >= 15 is 0 Å². The Labute approximate surface area is 122 Å². The van der Waals surface area contributed by atoms with Gasteiger partial charge in [-0.05, 0) is 42.3 Å². The Morgan fingerprint density at radius 3 is 2.38 bits per heavy atom. The molecule has 0 aliphatic rings. The Morgan fingerprint density at radius 2 is 1.76 bits per heavy atom. The van der Waals surface area contributed by atoms with Crippen molar-refractivity contribution in [3.63, 3.8) is 0 Å². The molecule has 2 rings (SSSR count). The van der Waals surface area contributed by atoms with Crippen LogP contribution in [0.15, 0.2) is 36.4 Å². The van der Waals surface area contributed by atoms with E-state index in [-0.39, 0.29) is 0 Å². The van der Waals surface area contributed by atoms with Gasteiger partial charge < -0.3 is 15.2 Å². The summed E-state index contributed by atoms with van der Waals surface area (Å²) in [5.74, 6) is -0.457. The van der Waals surface area contributed by atoms with Gasteiger partial charge in [-0.25, -0.2) is 8.78 Å². The van der Waals surface area contributed by atoms with Gasteiger partial charge in [-0.3, -0.25) is 0 Å². The van der Waals surface area contributed by atoms with Crippen LogP contribution in [0.25, 0.3) is 0 Å². The second kappa shape index (κ2) is 6.54. The Bertz CT molecular complexity index is 632. The van der Waals surface area contributed by atoms with E-state index in [2.05, 4.69) is 0 Å². The lowest BCUT2D eigenvalue weighted by molar-refractivity contribution is 0.395. The number of hydrogen-bond donors (Lipinski definition) is 1. The smallest absolute Gasteiger partial charge is 0.159 e. The summed E-state index contributed by atoms with van der Waals surface area (Å²) in [5.41, 5.74) is 7.53. The largest absolute Gasteiger partial charge is 0.497 e. The first-order valence-corrected chi connectivity index (χ1v) is 6.46. The zero-order valence-electron chi connectivity index (χ0n) is 11.9. The molecule has 5 heteroatoms. The lowest BCUT2D eigenvalue weighted by Crippen LogP contribution is -2.15. The second-order valence-corrected chi connectivity index (χ2v) is 4.67. The number of halogens is 2. The van der Waals surface area contributed by atoms with Gasteiger partial charge in [0.1, 0.15) is 11.5 Å². The molecule has 2 aromatic rings. The summed E-state index contributed by atoms with van der Waals surface area (Å²) in [6, 6.07) is 8.67. The Morgan fingerprint density at radius 1 is 1.00 bits per heavy atom. The molecule has 112 valence electrons. The van der Waals surface area contributed by atoms with E-state index in [0.717, 1.165) is 17.7 Å². The van der Waals surface area contributed by atoms with Crippen LogP contribution >= 0.6 is 0 Å². The van der Waals surface area contributed by atoms with Crippen LogP contribution in [0, 0.1) is 11.6 Å². The van der Waals surface area contributed by atoms with E-state index < -0.39 is 17.7 Å². The molecular weight excluding hydrogens is 276 g/mol. The summed E-state index contributed by atoms with van der Waals surface area (Å²) in [4.78, 5) is 0. The Balaban J connectivity index is 2.26. The number of benzene rings is 2. The molecule has 0 heterocycles. The predicted molar refractivity (Wildman–Crippen MR) is 76.5 cm³/mol. The van der Waals surface area contributed by atoms with E-state index in [1.807, 2.05) is 0 Å². The van der Waals surface area contributed by atoms with E-state index in [1.165, 1.54) is 6.07 Å². The highest BCUT2D eigenvalue weighted by molar-refractivity contribution is 5.42. The molecular formula is C16H17F2NO2. The first-order valence-electron chi connectivity index (χ1n) is 6.46. The summed E-state index contributed by atoms with van der Waals surface area (Å²) < 4.78 is 36.6. The molecule has 0 saturated heterocycles. The third kappa shape index (κ3) is 3.49. The summed E-state index contributed by atoms with van der Waals surface area (Å²) in [6.07, 6.45) is 0.362. The van der Waals surface area contributed by atoms with E-state index in [0.29, 0.717) is 23.5 Å². The molecule has 0 aliphatic heterocycles. The van der Waals surface area contributed by atoms with Gasteiger partial charge in [-0.15, -0.1) is 0 Å². The highest BCUT2D eigenvalue weighted by Gasteiger charge is 2.15. The molecule has 2 aromatic carbocycles. The van der Waals surface area contributed by atoms with E-state index in [4.69, 9.17) is 15.2 Å². The maximum absolute atomic E-state index is 13.2. The van der Waals surface area contributed by atoms with Crippen molar-refractivity contribution < 1.29 is 18.3 Å². The van der Waals surface area contributed by atoms with Gasteiger partial charge in [0.25, 0.3) is 0 Å². The fourth-order valence-corrected chi connectivity index (χ4v) is 2.16. The first kappa shape index (κ1) is 15.3. The molecule has 0 spiro atoms. The SMILES string of the molecule is COc1ccc(OC)c(C(N)Cc2ccc(F)c(F)c2)c1. The number of hydrogen-bond acceptors (Lipinski definition) is 3. The van der Waals surface area contributed by atoms with Gasteiger partial charge in [0.15, 0.2) is 11.6 Å². The van der Waals surface area contributed by atoms with E-state index in [1.54, 1.807) is 32.4 Å². The van der Waals surface area contributed by atoms with Crippen molar-refractivity contribution in [2.45, 2.75) is 12.5 Å². The highest BCUT2D eigenvalue weighted by Crippen LogP contribution is 2.30. The minimum absolute atomic E-state index is 0.362. The van der Waals surface area contributed by atoms with Gasteiger partial charge in [-0.2, -0.15) is 0 Å². The van der Waals surface area contributed by atoms with Gasteiger partial charge in [0.2, 0.25) is 0 Å². The lowest BCUT2D eigenvalue weighted by atomic mass is 9.98. The molecule has 0 bridgehead atoms. The fraction of sp³-hybridized carbons (Fsp3) is 0.250. The Kier molecular flexibility index (Phi) is 4.75. The molecule has 0 amide bonds. The minimum atomic E-state index is -0.877. The highest BCUT2D eigenvalue weighted by atomic mass is 19.2. The van der Waals surface area contributed by atoms with Crippen LogP contribution < -0.4 is 15.2 Å². The standard InChI is InChI=1S/C16H17F2NO2/c1-20-11-4-6-16(21-2)12(9-11)15(19)8-10-3-5-13(17)14(18)7-10/h3-7,9,15H,8,19H2,1-2H3. The second-order valence-electron chi connectivity index (χ2n) is 4.67. The lowest BCUT2D eigenvalue weighted by Gasteiger charge is -2.17. The molecule has 0 radical (unpaired) electrons. The van der Waals surface area contributed by atoms with Crippen molar-refractivity contribution >= 4 is 0 Å². The van der Waals surface area contributed by atoms with Gasteiger partial charge in [0.05, 0.1) is 14.2 Å². The van der Waals surface area contributed by atoms with Crippen molar-refractivity contribution in [2.75, 3.05) is 14.2 Å². The molecule has 1 atom stereocenters. The van der Waals surface area contributed by atoms with Crippen LogP contribution in [-0.4, -0.2) is 14.2 Å². The van der Waals surface area contributed by atoms with Crippen LogP contribution in [0.3, 0.4) is 0 Å². The summed E-state index contributed by atoms with van der Waals surface area (Å²) in [5, 5.41) is 0. The molecule has 0 aromatic heterocycles. The third-order valence-electron chi connectivity index (χ3n) is 3.28. The van der Waals surface area contributed by atoms with Crippen molar-refractivity contribution in [2.24, 2.45) is 5.73 Å². The Hall–Kier alpha value is -2.14. The maximum atomic E-state index is 13.2. The quantitative estimate of drug-likeness (QED) is 0.920. The minimum Gasteiger partial charge on any atom is -0.497 e. The molecule has 3 nitrogen and oxygen atoms in total. The molecule has 0 saturated carbocycles. The zero-order valence-corrected chi connectivity index (χ0v) is 11.9. The average Bonchev–Trinajstić information content (AvgIpc) is 2.50. The van der Waals surface area contributed by atoms with Crippen molar-refractivity contribution in [3.8, 4) is 11.5 Å². The summed E-state index contributed by atoms with van der Waals surface area (Å²) >= 11 is 0.